The monoisotopic (exact) mass is 300 g/mol. The molecular weight excluding hydrogens is 283 g/mol. The van der Waals surface area contributed by atoms with Gasteiger partial charge in [-0.2, -0.15) is 0 Å². The first-order valence-electron chi connectivity index (χ1n) is 6.95. The summed E-state index contributed by atoms with van der Waals surface area (Å²) < 4.78 is 13.5. The second-order valence-corrected chi connectivity index (χ2v) is 4.86. The Morgan fingerprint density at radius 3 is 2.59 bits per heavy atom. The van der Waals surface area contributed by atoms with E-state index < -0.39 is 0 Å². The number of benzene rings is 2. The molecule has 0 fully saturated rings. The number of hydrogen-bond donors (Lipinski definition) is 2. The topological polar surface area (TPSA) is 58.2 Å². The van der Waals surface area contributed by atoms with Gasteiger partial charge in [0.05, 0.1) is 0 Å². The van der Waals surface area contributed by atoms with E-state index in [4.69, 9.17) is 0 Å². The molecular formula is C17H17FN2O2. The number of carbonyl (C=O) groups is 2. The molecule has 0 atom stereocenters. The predicted octanol–water partition coefficient (Wildman–Crippen LogP) is 2.76. The van der Waals surface area contributed by atoms with Gasteiger partial charge in [0.25, 0.3) is 5.91 Å². The Balaban J connectivity index is 1.92. The summed E-state index contributed by atoms with van der Waals surface area (Å²) in [5.74, 6) is -0.731. The minimum absolute atomic E-state index is 0.197. The van der Waals surface area contributed by atoms with Gasteiger partial charge in [0.1, 0.15) is 5.82 Å². The third-order valence-electron chi connectivity index (χ3n) is 3.08. The summed E-state index contributed by atoms with van der Waals surface area (Å²) in [7, 11) is 0. The summed E-state index contributed by atoms with van der Waals surface area (Å²) in [6.45, 7) is 1.74. The van der Waals surface area contributed by atoms with E-state index in [2.05, 4.69) is 10.6 Å². The van der Waals surface area contributed by atoms with Gasteiger partial charge in [-0.05, 0) is 36.2 Å². The lowest BCUT2D eigenvalue weighted by atomic mass is 10.1. The number of nitrogens with one attached hydrogen (secondary N) is 2. The zero-order valence-electron chi connectivity index (χ0n) is 12.2. The maximum atomic E-state index is 13.5. The molecule has 4 nitrogen and oxygen atoms in total. The van der Waals surface area contributed by atoms with E-state index in [9.17, 15) is 14.0 Å². The van der Waals surface area contributed by atoms with Gasteiger partial charge in [0.2, 0.25) is 5.91 Å². The van der Waals surface area contributed by atoms with Crippen LogP contribution in [0, 0.1) is 5.82 Å². The summed E-state index contributed by atoms with van der Waals surface area (Å²) in [6.07, 6.45) is 0.420. The van der Waals surface area contributed by atoms with Crippen LogP contribution in [-0.2, 0) is 11.2 Å². The Morgan fingerprint density at radius 1 is 1.09 bits per heavy atom. The van der Waals surface area contributed by atoms with Crippen LogP contribution in [0.15, 0.2) is 48.5 Å². The molecule has 0 saturated carbocycles. The van der Waals surface area contributed by atoms with Crippen LogP contribution in [-0.4, -0.2) is 18.4 Å². The van der Waals surface area contributed by atoms with Crippen LogP contribution in [0.4, 0.5) is 10.1 Å². The molecule has 2 aromatic carbocycles. The van der Waals surface area contributed by atoms with Gasteiger partial charge >= 0.3 is 0 Å². The Bertz CT molecular complexity index is 686. The second kappa shape index (κ2) is 7.36. The molecule has 2 rings (SSSR count). The first-order chi connectivity index (χ1) is 10.6. The fourth-order valence-electron chi connectivity index (χ4n) is 2.06. The molecule has 0 radical (unpaired) electrons. The van der Waals surface area contributed by atoms with Gasteiger partial charge in [-0.25, -0.2) is 4.39 Å². The van der Waals surface area contributed by atoms with Gasteiger partial charge in [-0.15, -0.1) is 0 Å². The molecule has 0 aliphatic heterocycles. The molecule has 0 bridgehead atoms. The fourth-order valence-corrected chi connectivity index (χ4v) is 2.06. The average Bonchev–Trinajstić information content (AvgIpc) is 2.48. The number of anilines is 1. The SMILES string of the molecule is CC(=O)Nc1cccc(C(=O)NCCc2ccccc2F)c1. The van der Waals surface area contributed by atoms with Crippen molar-refractivity contribution in [3.05, 3.63) is 65.5 Å². The molecule has 0 aromatic heterocycles. The average molecular weight is 300 g/mol. The third-order valence-corrected chi connectivity index (χ3v) is 3.08. The number of hydrogen-bond acceptors (Lipinski definition) is 2. The Kier molecular flexibility index (Phi) is 5.25. The number of carbonyl (C=O) groups excluding carboxylic acids is 2. The molecule has 0 saturated heterocycles. The van der Waals surface area contributed by atoms with E-state index >= 15 is 0 Å². The summed E-state index contributed by atoms with van der Waals surface area (Å²) in [5.41, 5.74) is 1.57. The molecule has 5 heteroatoms. The van der Waals surface area contributed by atoms with E-state index in [1.807, 2.05) is 0 Å². The molecule has 2 amide bonds. The fraction of sp³-hybridized carbons (Fsp3) is 0.176. The van der Waals surface area contributed by atoms with Crippen molar-refractivity contribution in [1.82, 2.24) is 5.32 Å². The third kappa shape index (κ3) is 4.41. The lowest BCUT2D eigenvalue weighted by Crippen LogP contribution is -2.26. The van der Waals surface area contributed by atoms with Gasteiger partial charge < -0.3 is 10.6 Å². The van der Waals surface area contributed by atoms with Gasteiger partial charge in [0, 0.05) is 24.7 Å². The highest BCUT2D eigenvalue weighted by Gasteiger charge is 2.07. The maximum absolute atomic E-state index is 13.5. The van der Waals surface area contributed by atoms with Crippen LogP contribution in [0.25, 0.3) is 0 Å². The number of rotatable bonds is 5. The quantitative estimate of drug-likeness (QED) is 0.892. The van der Waals surface area contributed by atoms with Crippen molar-refractivity contribution in [2.75, 3.05) is 11.9 Å². The van der Waals surface area contributed by atoms with Crippen molar-refractivity contribution in [2.24, 2.45) is 0 Å². The molecule has 0 spiro atoms. The van der Waals surface area contributed by atoms with E-state index in [0.717, 1.165) is 0 Å². The summed E-state index contributed by atoms with van der Waals surface area (Å²) >= 11 is 0. The normalized spacial score (nSPS) is 10.1. The Labute approximate surface area is 128 Å². The van der Waals surface area contributed by atoms with Crippen LogP contribution >= 0.6 is 0 Å². The Hall–Kier alpha value is -2.69. The molecule has 2 aromatic rings. The molecule has 0 aliphatic rings. The lowest BCUT2D eigenvalue weighted by Gasteiger charge is -2.08. The lowest BCUT2D eigenvalue weighted by molar-refractivity contribution is -0.114. The van der Waals surface area contributed by atoms with Gasteiger partial charge in [-0.3, -0.25) is 9.59 Å². The van der Waals surface area contributed by atoms with E-state index in [1.54, 1.807) is 42.5 Å². The minimum atomic E-state index is -0.274. The second-order valence-electron chi connectivity index (χ2n) is 4.86. The Morgan fingerprint density at radius 2 is 1.86 bits per heavy atom. The van der Waals surface area contributed by atoms with Gasteiger partial charge in [-0.1, -0.05) is 24.3 Å². The number of halogens is 1. The predicted molar refractivity (Wildman–Crippen MR) is 83.2 cm³/mol. The van der Waals surface area contributed by atoms with E-state index in [0.29, 0.717) is 29.8 Å². The molecule has 2 N–H and O–H groups in total. The first kappa shape index (κ1) is 15.7. The van der Waals surface area contributed by atoms with Crippen molar-refractivity contribution in [3.8, 4) is 0 Å². The zero-order valence-corrected chi connectivity index (χ0v) is 12.2. The van der Waals surface area contributed by atoms with Crippen LogP contribution in [0.2, 0.25) is 0 Å². The molecule has 0 aliphatic carbocycles. The summed E-state index contributed by atoms with van der Waals surface area (Å²) in [4.78, 5) is 23.0. The van der Waals surface area contributed by atoms with E-state index in [-0.39, 0.29) is 17.6 Å². The summed E-state index contributed by atoms with van der Waals surface area (Å²) in [6, 6.07) is 13.1. The van der Waals surface area contributed by atoms with Crippen molar-refractivity contribution >= 4 is 17.5 Å². The van der Waals surface area contributed by atoms with Crippen molar-refractivity contribution in [2.45, 2.75) is 13.3 Å². The van der Waals surface area contributed by atoms with Crippen molar-refractivity contribution < 1.29 is 14.0 Å². The highest BCUT2D eigenvalue weighted by Crippen LogP contribution is 2.11. The molecule has 0 heterocycles. The molecule has 0 unspecified atom stereocenters. The smallest absolute Gasteiger partial charge is 0.251 e. The van der Waals surface area contributed by atoms with Crippen molar-refractivity contribution in [1.29, 1.82) is 0 Å². The largest absolute Gasteiger partial charge is 0.352 e. The van der Waals surface area contributed by atoms with Crippen molar-refractivity contribution in [3.63, 3.8) is 0 Å². The number of amides is 2. The van der Waals surface area contributed by atoms with Crippen LogP contribution in [0.3, 0.4) is 0 Å². The first-order valence-corrected chi connectivity index (χ1v) is 6.95. The van der Waals surface area contributed by atoms with Gasteiger partial charge in [0.15, 0.2) is 0 Å². The molecule has 22 heavy (non-hydrogen) atoms. The molecule has 114 valence electrons. The van der Waals surface area contributed by atoms with Crippen LogP contribution < -0.4 is 10.6 Å². The van der Waals surface area contributed by atoms with E-state index in [1.165, 1.54) is 13.0 Å². The maximum Gasteiger partial charge on any atom is 0.251 e. The highest BCUT2D eigenvalue weighted by molar-refractivity contribution is 5.96. The standard InChI is InChI=1S/C17H17FN2O2/c1-12(21)20-15-7-4-6-14(11-15)17(22)19-10-9-13-5-2-3-8-16(13)18/h2-8,11H,9-10H2,1H3,(H,19,22)(H,20,21). The zero-order chi connectivity index (χ0) is 15.9. The minimum Gasteiger partial charge on any atom is -0.352 e. The summed E-state index contributed by atoms with van der Waals surface area (Å²) in [5, 5.41) is 5.36. The highest BCUT2D eigenvalue weighted by atomic mass is 19.1. The van der Waals surface area contributed by atoms with Crippen LogP contribution in [0.5, 0.6) is 0 Å². The van der Waals surface area contributed by atoms with Crippen LogP contribution in [0.1, 0.15) is 22.8 Å².